The first-order chi connectivity index (χ1) is 9.58. The van der Waals surface area contributed by atoms with E-state index in [-0.39, 0.29) is 17.7 Å². The van der Waals surface area contributed by atoms with E-state index in [1.807, 2.05) is 4.90 Å². The third-order valence-corrected chi connectivity index (χ3v) is 5.09. The zero-order valence-electron chi connectivity index (χ0n) is 12.5. The van der Waals surface area contributed by atoms with Gasteiger partial charge in [0, 0.05) is 25.4 Å². The van der Waals surface area contributed by atoms with Crippen LogP contribution in [0.3, 0.4) is 0 Å². The number of hydrogen-bond donors (Lipinski definition) is 1. The molecule has 0 aromatic rings. The van der Waals surface area contributed by atoms with Crippen molar-refractivity contribution in [3.05, 3.63) is 0 Å². The Kier molecular flexibility index (Phi) is 5.44. The summed E-state index contributed by atoms with van der Waals surface area (Å²) in [5, 5.41) is 8.92. The molecule has 1 saturated carbocycles. The van der Waals surface area contributed by atoms with Crippen molar-refractivity contribution >= 4 is 11.9 Å². The Bertz CT molecular complexity index is 344. The molecule has 2 rings (SSSR count). The van der Waals surface area contributed by atoms with Gasteiger partial charge in [0.15, 0.2) is 0 Å². The normalized spacial score (nSPS) is 22.4. The molecule has 20 heavy (non-hydrogen) atoms. The topological polar surface area (TPSA) is 57.6 Å². The minimum Gasteiger partial charge on any atom is -0.481 e. The van der Waals surface area contributed by atoms with E-state index in [1.165, 1.54) is 38.5 Å². The van der Waals surface area contributed by atoms with Gasteiger partial charge in [0.05, 0.1) is 5.92 Å². The number of aliphatic carboxylic acids is 1. The van der Waals surface area contributed by atoms with E-state index in [0.29, 0.717) is 19.5 Å². The molecule has 114 valence electrons. The van der Waals surface area contributed by atoms with Crippen LogP contribution in [0.1, 0.15) is 58.3 Å². The van der Waals surface area contributed by atoms with Crippen LogP contribution in [0.25, 0.3) is 0 Å². The standard InChI is InChI=1S/C16H27NO3/c1-12(16(19)20)14-10-17(11-14)15(18)9-5-8-13-6-3-2-4-7-13/h12-14H,2-11H2,1H3,(H,19,20). The lowest BCUT2D eigenvalue weighted by atomic mass is 9.85. The fourth-order valence-electron chi connectivity index (χ4n) is 3.41. The molecule has 0 aromatic carbocycles. The minimum atomic E-state index is -0.751. The summed E-state index contributed by atoms with van der Waals surface area (Å²) < 4.78 is 0. The highest BCUT2D eigenvalue weighted by Gasteiger charge is 2.36. The summed E-state index contributed by atoms with van der Waals surface area (Å²) in [4.78, 5) is 24.7. The highest BCUT2D eigenvalue weighted by atomic mass is 16.4. The molecule has 2 fully saturated rings. The SMILES string of the molecule is CC(C(=O)O)C1CN(C(=O)CCCC2CCCCC2)C1. The van der Waals surface area contributed by atoms with Gasteiger partial charge in [0.1, 0.15) is 0 Å². The number of amides is 1. The highest BCUT2D eigenvalue weighted by molar-refractivity contribution is 5.77. The molecule has 1 N–H and O–H groups in total. The number of carbonyl (C=O) groups is 2. The van der Waals surface area contributed by atoms with Crippen molar-refractivity contribution in [1.29, 1.82) is 0 Å². The molecule has 0 radical (unpaired) electrons. The Balaban J connectivity index is 1.58. The molecule has 2 aliphatic rings. The van der Waals surface area contributed by atoms with Gasteiger partial charge in [-0.05, 0) is 18.8 Å². The number of hydrogen-bond acceptors (Lipinski definition) is 2. The number of nitrogens with zero attached hydrogens (tertiary/aromatic N) is 1. The molecule has 0 spiro atoms. The molecule has 4 nitrogen and oxygen atoms in total. The van der Waals surface area contributed by atoms with E-state index in [1.54, 1.807) is 6.92 Å². The van der Waals surface area contributed by atoms with Crippen molar-refractivity contribution in [3.63, 3.8) is 0 Å². The second-order valence-electron chi connectivity index (χ2n) is 6.58. The number of carboxylic acid groups (broad SMARTS) is 1. The summed E-state index contributed by atoms with van der Waals surface area (Å²) in [5.74, 6) is 0.123. The second-order valence-corrected chi connectivity index (χ2v) is 6.58. The first-order valence-electron chi connectivity index (χ1n) is 8.08. The molecule has 1 unspecified atom stereocenters. The van der Waals surface area contributed by atoms with Gasteiger partial charge in [-0.25, -0.2) is 0 Å². The van der Waals surface area contributed by atoms with Crippen LogP contribution in [0.5, 0.6) is 0 Å². The van der Waals surface area contributed by atoms with Gasteiger partial charge in [-0.15, -0.1) is 0 Å². The third kappa shape index (κ3) is 3.97. The zero-order chi connectivity index (χ0) is 14.5. The van der Waals surface area contributed by atoms with Crippen molar-refractivity contribution in [2.45, 2.75) is 58.3 Å². The van der Waals surface area contributed by atoms with Crippen LogP contribution in [0, 0.1) is 17.8 Å². The van der Waals surface area contributed by atoms with Crippen LogP contribution >= 0.6 is 0 Å². The molecule has 0 bridgehead atoms. The molecule has 4 heteroatoms. The summed E-state index contributed by atoms with van der Waals surface area (Å²) in [7, 11) is 0. The van der Waals surface area contributed by atoms with Gasteiger partial charge < -0.3 is 10.0 Å². The van der Waals surface area contributed by atoms with Gasteiger partial charge >= 0.3 is 5.97 Å². The average Bonchev–Trinajstić information content (AvgIpc) is 2.38. The maximum absolute atomic E-state index is 12.0. The monoisotopic (exact) mass is 281 g/mol. The Morgan fingerprint density at radius 2 is 1.85 bits per heavy atom. The summed E-state index contributed by atoms with van der Waals surface area (Å²) in [6.45, 7) is 3.00. The van der Waals surface area contributed by atoms with Crippen molar-refractivity contribution < 1.29 is 14.7 Å². The maximum Gasteiger partial charge on any atom is 0.306 e. The summed E-state index contributed by atoms with van der Waals surface area (Å²) in [6.07, 6.45) is 9.62. The Labute approximate surface area is 121 Å². The van der Waals surface area contributed by atoms with Crippen LogP contribution in [0.15, 0.2) is 0 Å². The zero-order valence-corrected chi connectivity index (χ0v) is 12.5. The molecule has 1 aliphatic heterocycles. The van der Waals surface area contributed by atoms with E-state index >= 15 is 0 Å². The van der Waals surface area contributed by atoms with Gasteiger partial charge in [0.2, 0.25) is 5.91 Å². The van der Waals surface area contributed by atoms with Crippen LogP contribution in [0.2, 0.25) is 0 Å². The van der Waals surface area contributed by atoms with Crippen molar-refractivity contribution in [3.8, 4) is 0 Å². The van der Waals surface area contributed by atoms with E-state index in [2.05, 4.69) is 0 Å². The largest absolute Gasteiger partial charge is 0.481 e. The predicted molar refractivity (Wildman–Crippen MR) is 77.3 cm³/mol. The summed E-state index contributed by atoms with van der Waals surface area (Å²) in [6, 6.07) is 0. The van der Waals surface area contributed by atoms with Crippen LogP contribution < -0.4 is 0 Å². The Hall–Kier alpha value is -1.06. The van der Waals surface area contributed by atoms with E-state index in [0.717, 1.165) is 12.3 Å². The molecule has 1 heterocycles. The van der Waals surface area contributed by atoms with E-state index in [9.17, 15) is 9.59 Å². The van der Waals surface area contributed by atoms with Crippen LogP contribution in [-0.4, -0.2) is 35.0 Å². The van der Waals surface area contributed by atoms with Gasteiger partial charge in [-0.3, -0.25) is 9.59 Å². The lowest BCUT2D eigenvalue weighted by Crippen LogP contribution is -2.53. The lowest BCUT2D eigenvalue weighted by Gasteiger charge is -2.41. The Morgan fingerprint density at radius 3 is 2.45 bits per heavy atom. The van der Waals surface area contributed by atoms with E-state index in [4.69, 9.17) is 5.11 Å². The average molecular weight is 281 g/mol. The van der Waals surface area contributed by atoms with E-state index < -0.39 is 5.97 Å². The first kappa shape index (κ1) is 15.3. The van der Waals surface area contributed by atoms with Crippen molar-refractivity contribution in [1.82, 2.24) is 4.90 Å². The first-order valence-corrected chi connectivity index (χ1v) is 8.08. The van der Waals surface area contributed by atoms with Crippen molar-refractivity contribution in [2.75, 3.05) is 13.1 Å². The third-order valence-electron chi connectivity index (χ3n) is 5.09. The van der Waals surface area contributed by atoms with Crippen molar-refractivity contribution in [2.24, 2.45) is 17.8 Å². The maximum atomic E-state index is 12.0. The highest BCUT2D eigenvalue weighted by Crippen LogP contribution is 2.29. The number of carboxylic acids is 1. The smallest absolute Gasteiger partial charge is 0.306 e. The van der Waals surface area contributed by atoms with Gasteiger partial charge in [-0.2, -0.15) is 0 Å². The number of likely N-dealkylation sites (tertiary alicyclic amines) is 1. The minimum absolute atomic E-state index is 0.148. The van der Waals surface area contributed by atoms with Crippen LogP contribution in [-0.2, 0) is 9.59 Å². The van der Waals surface area contributed by atoms with Gasteiger partial charge in [0.25, 0.3) is 0 Å². The fraction of sp³-hybridized carbons (Fsp3) is 0.875. The lowest BCUT2D eigenvalue weighted by molar-refractivity contribution is -0.150. The van der Waals surface area contributed by atoms with Crippen LogP contribution in [0.4, 0.5) is 0 Å². The quantitative estimate of drug-likeness (QED) is 0.814. The molecule has 1 aliphatic carbocycles. The van der Waals surface area contributed by atoms with Gasteiger partial charge in [-0.1, -0.05) is 39.0 Å². The molecule has 0 aromatic heterocycles. The summed E-state index contributed by atoms with van der Waals surface area (Å²) >= 11 is 0. The molecule has 1 saturated heterocycles. The fourth-order valence-corrected chi connectivity index (χ4v) is 3.41. The number of rotatable bonds is 6. The summed E-state index contributed by atoms with van der Waals surface area (Å²) in [5.41, 5.74) is 0. The molecule has 1 amide bonds. The molecular formula is C16H27NO3. The molecular weight excluding hydrogens is 254 g/mol. The second kappa shape index (κ2) is 7.09. The Morgan fingerprint density at radius 1 is 1.20 bits per heavy atom. The number of carbonyl (C=O) groups excluding carboxylic acids is 1. The predicted octanol–water partition coefficient (Wildman–Crippen LogP) is 2.92. The molecule has 1 atom stereocenters.